The lowest BCUT2D eigenvalue weighted by atomic mass is 10.1. The van der Waals surface area contributed by atoms with E-state index in [-0.39, 0.29) is 42.0 Å². The lowest BCUT2D eigenvalue weighted by Gasteiger charge is -2.21. The summed E-state index contributed by atoms with van der Waals surface area (Å²) in [6, 6.07) is 3.91. The van der Waals surface area contributed by atoms with Crippen molar-refractivity contribution < 1.29 is 4.79 Å². The summed E-state index contributed by atoms with van der Waals surface area (Å²) in [7, 11) is 0. The predicted molar refractivity (Wildman–Crippen MR) is 105 cm³/mol. The quantitative estimate of drug-likeness (QED) is 0.377. The van der Waals surface area contributed by atoms with Gasteiger partial charge >= 0.3 is 0 Å². The number of aryl methyl sites for hydroxylation is 1. The topological polar surface area (TPSA) is 78.4 Å². The first kappa shape index (κ1) is 21.6. The number of pyridine rings is 1. The molecule has 130 valence electrons. The van der Waals surface area contributed by atoms with Gasteiger partial charge in [-0.2, -0.15) is 0 Å². The summed E-state index contributed by atoms with van der Waals surface area (Å²) in [5, 5.41) is 9.06. The molecule has 0 spiro atoms. The van der Waals surface area contributed by atoms with Gasteiger partial charge in [-0.1, -0.05) is 6.07 Å². The van der Waals surface area contributed by atoms with Gasteiger partial charge in [-0.3, -0.25) is 9.78 Å². The number of halogens is 1. The van der Waals surface area contributed by atoms with E-state index in [0.717, 1.165) is 17.8 Å². The zero-order valence-corrected chi connectivity index (χ0v) is 16.9. The van der Waals surface area contributed by atoms with E-state index in [9.17, 15) is 4.79 Å². The number of carbonyl (C=O) groups is 1. The summed E-state index contributed by atoms with van der Waals surface area (Å²) in [5.74, 6) is 0.545. The summed E-state index contributed by atoms with van der Waals surface area (Å²) < 4.78 is 0. The first-order chi connectivity index (χ1) is 10.3. The third-order valence-corrected chi connectivity index (χ3v) is 2.78. The van der Waals surface area contributed by atoms with Gasteiger partial charge < -0.3 is 16.0 Å². The van der Waals surface area contributed by atoms with Crippen molar-refractivity contribution in [1.29, 1.82) is 0 Å². The van der Waals surface area contributed by atoms with Crippen LogP contribution >= 0.6 is 24.0 Å². The molecule has 3 N–H and O–H groups in total. The van der Waals surface area contributed by atoms with Gasteiger partial charge in [0.1, 0.15) is 0 Å². The minimum absolute atomic E-state index is 0. The molecule has 1 aromatic heterocycles. The molecule has 0 saturated carbocycles. The fourth-order valence-corrected chi connectivity index (χ4v) is 1.81. The van der Waals surface area contributed by atoms with Crippen LogP contribution in [0.4, 0.5) is 0 Å². The van der Waals surface area contributed by atoms with E-state index in [2.05, 4.69) is 25.9 Å². The Bertz CT molecular complexity index is 525. The molecule has 0 atom stereocenters. The molecule has 0 radical (unpaired) electrons. The Morgan fingerprint density at radius 2 is 2.00 bits per heavy atom. The van der Waals surface area contributed by atoms with E-state index in [1.165, 1.54) is 0 Å². The third-order valence-electron chi connectivity index (χ3n) is 2.78. The average Bonchev–Trinajstić information content (AvgIpc) is 2.41. The maximum Gasteiger partial charge on any atom is 0.239 e. The van der Waals surface area contributed by atoms with Crippen molar-refractivity contribution >= 4 is 35.8 Å². The molecule has 0 aliphatic rings. The first-order valence-electron chi connectivity index (χ1n) is 7.55. The molecule has 0 bridgehead atoms. The second kappa shape index (κ2) is 10.4. The molecular weight excluding hydrogens is 405 g/mol. The fourth-order valence-electron chi connectivity index (χ4n) is 1.81. The van der Waals surface area contributed by atoms with Crippen molar-refractivity contribution in [3.63, 3.8) is 0 Å². The SMILES string of the molecule is CCNC(=NCc1ncccc1C)NCC(=O)NC(C)(C)C.I. The molecule has 1 amide bonds. The zero-order valence-electron chi connectivity index (χ0n) is 14.6. The lowest BCUT2D eigenvalue weighted by Crippen LogP contribution is -2.48. The summed E-state index contributed by atoms with van der Waals surface area (Å²) in [4.78, 5) is 20.6. The molecule has 0 aliphatic heterocycles. The van der Waals surface area contributed by atoms with Crippen LogP contribution < -0.4 is 16.0 Å². The number of carbonyl (C=O) groups excluding carboxylic acids is 1. The number of nitrogens with zero attached hydrogens (tertiary/aromatic N) is 2. The molecule has 7 heteroatoms. The first-order valence-corrected chi connectivity index (χ1v) is 7.55. The van der Waals surface area contributed by atoms with Gasteiger partial charge in [-0.15, -0.1) is 24.0 Å². The Kier molecular flexibility index (Phi) is 9.78. The lowest BCUT2D eigenvalue weighted by molar-refractivity contribution is -0.121. The Labute approximate surface area is 156 Å². The van der Waals surface area contributed by atoms with E-state index >= 15 is 0 Å². The van der Waals surface area contributed by atoms with Crippen molar-refractivity contribution in [2.75, 3.05) is 13.1 Å². The normalized spacial score (nSPS) is 11.4. The van der Waals surface area contributed by atoms with Crippen LogP contribution in [0.25, 0.3) is 0 Å². The molecule has 0 saturated heterocycles. The number of nitrogens with one attached hydrogen (secondary N) is 3. The fraction of sp³-hybridized carbons (Fsp3) is 0.562. The summed E-state index contributed by atoms with van der Waals surface area (Å²) in [6.45, 7) is 11.2. The highest BCUT2D eigenvalue weighted by molar-refractivity contribution is 14.0. The standard InChI is InChI=1S/C16H27N5O.HI/c1-6-17-15(20-11-14(22)21-16(3,4)5)19-10-13-12(2)8-7-9-18-13;/h7-9H,6,10-11H2,1-5H3,(H,21,22)(H2,17,19,20);1H. The van der Waals surface area contributed by atoms with E-state index < -0.39 is 0 Å². The molecular formula is C16H28IN5O. The van der Waals surface area contributed by atoms with Gasteiger partial charge in [-0.05, 0) is 46.2 Å². The van der Waals surface area contributed by atoms with Crippen LogP contribution in [0.1, 0.15) is 39.0 Å². The highest BCUT2D eigenvalue weighted by atomic mass is 127. The number of guanidine groups is 1. The maximum atomic E-state index is 11.8. The van der Waals surface area contributed by atoms with Crippen LogP contribution in [0.3, 0.4) is 0 Å². The molecule has 0 aliphatic carbocycles. The number of amides is 1. The van der Waals surface area contributed by atoms with Gasteiger partial charge in [0.2, 0.25) is 5.91 Å². The van der Waals surface area contributed by atoms with E-state index in [1.807, 2.05) is 46.8 Å². The Hall–Kier alpha value is -1.38. The minimum atomic E-state index is -0.237. The Balaban J connectivity index is 0.00000484. The van der Waals surface area contributed by atoms with Crippen LogP contribution in [0.15, 0.2) is 23.3 Å². The second-order valence-corrected chi connectivity index (χ2v) is 6.11. The summed E-state index contributed by atoms with van der Waals surface area (Å²) >= 11 is 0. The van der Waals surface area contributed by atoms with Crippen LogP contribution in [-0.2, 0) is 11.3 Å². The van der Waals surface area contributed by atoms with Gasteiger partial charge in [0.05, 0.1) is 18.8 Å². The monoisotopic (exact) mass is 433 g/mol. The number of aliphatic imine (C=N–C) groups is 1. The Morgan fingerprint density at radius 1 is 1.30 bits per heavy atom. The van der Waals surface area contributed by atoms with Gasteiger partial charge in [-0.25, -0.2) is 4.99 Å². The summed E-state index contributed by atoms with van der Waals surface area (Å²) in [6.07, 6.45) is 1.76. The molecule has 0 fully saturated rings. The third kappa shape index (κ3) is 9.37. The van der Waals surface area contributed by atoms with Crippen LogP contribution in [0, 0.1) is 6.92 Å². The van der Waals surface area contributed by atoms with E-state index in [1.54, 1.807) is 6.20 Å². The Morgan fingerprint density at radius 3 is 2.57 bits per heavy atom. The van der Waals surface area contributed by atoms with Crippen molar-refractivity contribution in [2.24, 2.45) is 4.99 Å². The van der Waals surface area contributed by atoms with Crippen LogP contribution in [0.2, 0.25) is 0 Å². The number of hydrogen-bond donors (Lipinski definition) is 3. The number of rotatable bonds is 5. The van der Waals surface area contributed by atoms with Gasteiger partial charge in [0, 0.05) is 18.3 Å². The molecule has 23 heavy (non-hydrogen) atoms. The molecule has 1 aromatic rings. The van der Waals surface area contributed by atoms with Crippen molar-refractivity contribution in [2.45, 2.75) is 46.7 Å². The van der Waals surface area contributed by atoms with E-state index in [0.29, 0.717) is 12.5 Å². The minimum Gasteiger partial charge on any atom is -0.357 e. The largest absolute Gasteiger partial charge is 0.357 e. The van der Waals surface area contributed by atoms with Crippen molar-refractivity contribution in [3.8, 4) is 0 Å². The predicted octanol–water partition coefficient (Wildman–Crippen LogP) is 1.98. The number of aromatic nitrogens is 1. The highest BCUT2D eigenvalue weighted by Gasteiger charge is 2.13. The van der Waals surface area contributed by atoms with E-state index in [4.69, 9.17) is 0 Å². The summed E-state index contributed by atoms with van der Waals surface area (Å²) in [5.41, 5.74) is 1.80. The maximum absolute atomic E-state index is 11.8. The van der Waals surface area contributed by atoms with Crippen molar-refractivity contribution in [3.05, 3.63) is 29.6 Å². The van der Waals surface area contributed by atoms with Crippen molar-refractivity contribution in [1.82, 2.24) is 20.9 Å². The number of hydrogen-bond acceptors (Lipinski definition) is 3. The van der Waals surface area contributed by atoms with Gasteiger partial charge in [0.15, 0.2) is 5.96 Å². The molecule has 1 rings (SSSR count). The van der Waals surface area contributed by atoms with Gasteiger partial charge in [0.25, 0.3) is 0 Å². The molecule has 1 heterocycles. The van der Waals surface area contributed by atoms with Crippen LogP contribution in [0.5, 0.6) is 0 Å². The smallest absolute Gasteiger partial charge is 0.239 e. The van der Waals surface area contributed by atoms with Crippen LogP contribution in [-0.4, -0.2) is 35.5 Å². The zero-order chi connectivity index (χ0) is 16.6. The molecule has 6 nitrogen and oxygen atoms in total. The highest BCUT2D eigenvalue weighted by Crippen LogP contribution is 2.04. The molecule has 0 unspecified atom stereocenters. The second-order valence-electron chi connectivity index (χ2n) is 6.11. The molecule has 0 aromatic carbocycles. The average molecular weight is 433 g/mol.